The summed E-state index contributed by atoms with van der Waals surface area (Å²) in [6.07, 6.45) is 5.74. The molecule has 84 valence electrons. The summed E-state index contributed by atoms with van der Waals surface area (Å²) in [5, 5.41) is 3.57. The van der Waals surface area contributed by atoms with Gasteiger partial charge in [0.25, 0.3) is 0 Å². The van der Waals surface area contributed by atoms with Crippen LogP contribution < -0.4 is 5.32 Å². The molecule has 0 bridgehead atoms. The van der Waals surface area contributed by atoms with Gasteiger partial charge in [0.15, 0.2) is 0 Å². The molecule has 0 aromatic carbocycles. The van der Waals surface area contributed by atoms with E-state index in [0.717, 1.165) is 12.5 Å². The molecule has 1 aliphatic carbocycles. The Kier molecular flexibility index (Phi) is 4.23. The Hall–Kier alpha value is 0.140. The highest BCUT2D eigenvalue weighted by Gasteiger charge is 2.14. The van der Waals surface area contributed by atoms with Crippen LogP contribution in [0.15, 0.2) is 10.5 Å². The second-order valence-corrected chi connectivity index (χ2v) is 6.59. The fourth-order valence-corrected chi connectivity index (χ4v) is 3.79. The van der Waals surface area contributed by atoms with E-state index in [1.54, 1.807) is 0 Å². The zero-order valence-corrected chi connectivity index (χ0v) is 11.6. The predicted octanol–water partition coefficient (Wildman–Crippen LogP) is 4.10. The molecule has 0 aliphatic heterocycles. The highest BCUT2D eigenvalue weighted by molar-refractivity contribution is 9.10. The molecule has 2 rings (SSSR count). The normalized spacial score (nSPS) is 17.5. The van der Waals surface area contributed by atoms with Crippen molar-refractivity contribution in [3.8, 4) is 0 Å². The van der Waals surface area contributed by atoms with E-state index < -0.39 is 0 Å². The van der Waals surface area contributed by atoms with Crippen molar-refractivity contribution in [1.82, 2.24) is 5.32 Å². The predicted molar refractivity (Wildman–Crippen MR) is 70.4 cm³/mol. The van der Waals surface area contributed by atoms with Crippen molar-refractivity contribution < 1.29 is 0 Å². The molecule has 1 aromatic heterocycles. The SMILES string of the molecule is Cc1sc(CNCC2CCCC2)cc1Br. The van der Waals surface area contributed by atoms with E-state index in [4.69, 9.17) is 0 Å². The molecular formula is C12H18BrNS. The van der Waals surface area contributed by atoms with Gasteiger partial charge in [-0.25, -0.2) is 0 Å². The first kappa shape index (κ1) is 11.6. The minimum absolute atomic E-state index is 0.939. The van der Waals surface area contributed by atoms with Gasteiger partial charge in [-0.3, -0.25) is 0 Å². The monoisotopic (exact) mass is 287 g/mol. The van der Waals surface area contributed by atoms with Gasteiger partial charge in [0.05, 0.1) is 0 Å². The van der Waals surface area contributed by atoms with E-state index in [9.17, 15) is 0 Å². The third-order valence-electron chi connectivity index (χ3n) is 3.12. The zero-order valence-electron chi connectivity index (χ0n) is 9.18. The van der Waals surface area contributed by atoms with Gasteiger partial charge in [0.1, 0.15) is 0 Å². The van der Waals surface area contributed by atoms with Gasteiger partial charge in [-0.05, 0) is 54.2 Å². The Morgan fingerprint density at radius 3 is 2.80 bits per heavy atom. The van der Waals surface area contributed by atoms with Crippen LogP contribution >= 0.6 is 27.3 Å². The van der Waals surface area contributed by atoms with E-state index in [0.29, 0.717) is 0 Å². The van der Waals surface area contributed by atoms with Crippen LogP contribution in [0, 0.1) is 12.8 Å². The number of rotatable bonds is 4. The van der Waals surface area contributed by atoms with Crippen molar-refractivity contribution in [2.45, 2.75) is 39.2 Å². The second-order valence-electron chi connectivity index (χ2n) is 4.40. The maximum atomic E-state index is 3.57. The lowest BCUT2D eigenvalue weighted by Gasteiger charge is -2.09. The van der Waals surface area contributed by atoms with E-state index in [2.05, 4.69) is 34.2 Å². The van der Waals surface area contributed by atoms with Crippen LogP contribution in [-0.4, -0.2) is 6.54 Å². The summed E-state index contributed by atoms with van der Waals surface area (Å²) in [5.41, 5.74) is 0. The minimum atomic E-state index is 0.939. The molecule has 1 nitrogen and oxygen atoms in total. The molecule has 15 heavy (non-hydrogen) atoms. The number of thiophene rings is 1. The fraction of sp³-hybridized carbons (Fsp3) is 0.667. The molecule has 1 saturated carbocycles. The summed E-state index contributed by atoms with van der Waals surface area (Å²) >= 11 is 5.44. The number of halogens is 1. The molecule has 0 atom stereocenters. The number of aryl methyl sites for hydroxylation is 1. The summed E-state index contributed by atoms with van der Waals surface area (Å²) in [4.78, 5) is 2.82. The molecular weight excluding hydrogens is 270 g/mol. The molecule has 0 unspecified atom stereocenters. The van der Waals surface area contributed by atoms with Crippen LogP contribution in [-0.2, 0) is 6.54 Å². The average molecular weight is 288 g/mol. The Morgan fingerprint density at radius 1 is 1.47 bits per heavy atom. The maximum Gasteiger partial charge on any atom is 0.0314 e. The Balaban J connectivity index is 1.73. The highest BCUT2D eigenvalue weighted by Crippen LogP contribution is 2.27. The van der Waals surface area contributed by atoms with Gasteiger partial charge in [0, 0.05) is 20.8 Å². The van der Waals surface area contributed by atoms with Crippen molar-refractivity contribution in [2.75, 3.05) is 6.54 Å². The molecule has 1 aromatic rings. The first-order valence-electron chi connectivity index (χ1n) is 5.71. The van der Waals surface area contributed by atoms with Gasteiger partial charge >= 0.3 is 0 Å². The summed E-state index contributed by atoms with van der Waals surface area (Å²) in [6, 6.07) is 2.24. The zero-order chi connectivity index (χ0) is 10.7. The second kappa shape index (κ2) is 5.46. The Bertz CT molecular complexity index is 296. The molecule has 1 aliphatic rings. The maximum absolute atomic E-state index is 3.57. The van der Waals surface area contributed by atoms with Gasteiger partial charge in [-0.1, -0.05) is 12.8 Å². The minimum Gasteiger partial charge on any atom is -0.312 e. The highest BCUT2D eigenvalue weighted by atomic mass is 79.9. The van der Waals surface area contributed by atoms with Crippen LogP contribution in [0.3, 0.4) is 0 Å². The molecule has 0 radical (unpaired) electrons. The van der Waals surface area contributed by atoms with E-state index >= 15 is 0 Å². The van der Waals surface area contributed by atoms with Crippen molar-refractivity contribution in [2.24, 2.45) is 5.92 Å². The van der Waals surface area contributed by atoms with E-state index in [1.165, 1.54) is 46.5 Å². The van der Waals surface area contributed by atoms with Crippen LogP contribution in [0.25, 0.3) is 0 Å². The van der Waals surface area contributed by atoms with Crippen LogP contribution in [0.4, 0.5) is 0 Å². The first-order valence-corrected chi connectivity index (χ1v) is 7.32. The van der Waals surface area contributed by atoms with Gasteiger partial charge in [-0.2, -0.15) is 0 Å². The van der Waals surface area contributed by atoms with Crippen molar-refractivity contribution in [1.29, 1.82) is 0 Å². The Morgan fingerprint density at radius 2 is 2.20 bits per heavy atom. The molecule has 1 fully saturated rings. The quantitative estimate of drug-likeness (QED) is 0.879. The molecule has 1 heterocycles. The van der Waals surface area contributed by atoms with Crippen LogP contribution in [0.2, 0.25) is 0 Å². The number of hydrogen-bond acceptors (Lipinski definition) is 2. The number of nitrogens with one attached hydrogen (secondary N) is 1. The lowest BCUT2D eigenvalue weighted by Crippen LogP contribution is -2.20. The van der Waals surface area contributed by atoms with Crippen molar-refractivity contribution in [3.05, 3.63) is 20.3 Å². The molecule has 0 saturated heterocycles. The molecule has 0 spiro atoms. The topological polar surface area (TPSA) is 12.0 Å². The average Bonchev–Trinajstić information content (AvgIpc) is 2.79. The lowest BCUT2D eigenvalue weighted by atomic mass is 10.1. The number of hydrogen-bond donors (Lipinski definition) is 1. The van der Waals surface area contributed by atoms with Crippen molar-refractivity contribution >= 4 is 27.3 Å². The third kappa shape index (κ3) is 3.30. The summed E-state index contributed by atoms with van der Waals surface area (Å²) < 4.78 is 1.25. The van der Waals surface area contributed by atoms with E-state index in [-0.39, 0.29) is 0 Å². The fourth-order valence-electron chi connectivity index (χ4n) is 2.22. The standard InChI is InChI=1S/C12H18BrNS/c1-9-12(13)6-11(15-9)8-14-7-10-4-2-3-5-10/h6,10,14H,2-5,7-8H2,1H3. The first-order chi connectivity index (χ1) is 7.25. The van der Waals surface area contributed by atoms with E-state index in [1.807, 2.05) is 11.3 Å². The summed E-state index contributed by atoms with van der Waals surface area (Å²) in [7, 11) is 0. The summed E-state index contributed by atoms with van der Waals surface area (Å²) in [6.45, 7) is 4.40. The van der Waals surface area contributed by atoms with Crippen LogP contribution in [0.1, 0.15) is 35.4 Å². The van der Waals surface area contributed by atoms with Gasteiger partial charge in [0.2, 0.25) is 0 Å². The summed E-state index contributed by atoms with van der Waals surface area (Å²) in [5.74, 6) is 0.939. The Labute approximate surface area is 104 Å². The van der Waals surface area contributed by atoms with Gasteiger partial charge < -0.3 is 5.32 Å². The smallest absolute Gasteiger partial charge is 0.0314 e. The van der Waals surface area contributed by atoms with Gasteiger partial charge in [-0.15, -0.1) is 11.3 Å². The third-order valence-corrected chi connectivity index (χ3v) is 5.25. The largest absolute Gasteiger partial charge is 0.312 e. The lowest BCUT2D eigenvalue weighted by molar-refractivity contribution is 0.491. The van der Waals surface area contributed by atoms with Crippen LogP contribution in [0.5, 0.6) is 0 Å². The van der Waals surface area contributed by atoms with Crippen molar-refractivity contribution in [3.63, 3.8) is 0 Å². The molecule has 1 N–H and O–H groups in total. The molecule has 0 amide bonds. The molecule has 3 heteroatoms.